The predicted molar refractivity (Wildman–Crippen MR) is 79.8 cm³/mol. The van der Waals surface area contributed by atoms with Gasteiger partial charge in [-0.15, -0.1) is 0 Å². The number of carbonyl (C=O) groups is 1. The number of hydrogen-bond acceptors (Lipinski definition) is 3. The van der Waals surface area contributed by atoms with Gasteiger partial charge in [0.2, 0.25) is 10.0 Å². The number of rotatable bonds is 3. The van der Waals surface area contributed by atoms with Gasteiger partial charge in [0.25, 0.3) is 5.91 Å². The molecule has 0 saturated carbocycles. The van der Waals surface area contributed by atoms with Crippen LogP contribution in [0.1, 0.15) is 30.1 Å². The Balaban J connectivity index is 2.29. The van der Waals surface area contributed by atoms with Crippen LogP contribution in [0.15, 0.2) is 27.6 Å². The molecular formula is C13H17BrN2O3S. The highest BCUT2D eigenvalue weighted by molar-refractivity contribution is 9.10. The second kappa shape index (κ2) is 5.83. The van der Waals surface area contributed by atoms with Crippen molar-refractivity contribution in [1.29, 1.82) is 0 Å². The first-order chi connectivity index (χ1) is 9.31. The van der Waals surface area contributed by atoms with Crippen LogP contribution in [-0.4, -0.2) is 32.3 Å². The predicted octanol–water partition coefficient (Wildman–Crippen LogP) is 1.97. The van der Waals surface area contributed by atoms with Gasteiger partial charge in [-0.3, -0.25) is 4.79 Å². The van der Waals surface area contributed by atoms with Gasteiger partial charge in [0.1, 0.15) is 0 Å². The number of likely N-dealkylation sites (tertiary alicyclic amines) is 1. The van der Waals surface area contributed by atoms with Crippen LogP contribution in [0, 0.1) is 5.92 Å². The van der Waals surface area contributed by atoms with Crippen molar-refractivity contribution in [2.24, 2.45) is 11.1 Å². The fourth-order valence-electron chi connectivity index (χ4n) is 2.38. The molecule has 0 aromatic heterocycles. The van der Waals surface area contributed by atoms with Crippen molar-refractivity contribution >= 4 is 31.9 Å². The highest BCUT2D eigenvalue weighted by atomic mass is 79.9. The second-order valence-electron chi connectivity index (χ2n) is 5.03. The molecule has 0 bridgehead atoms. The summed E-state index contributed by atoms with van der Waals surface area (Å²) < 4.78 is 23.3. The molecule has 1 unspecified atom stereocenters. The lowest BCUT2D eigenvalue weighted by Crippen LogP contribution is -2.29. The fraction of sp³-hybridized carbons (Fsp3) is 0.462. The molecule has 0 spiro atoms. The molecule has 1 aromatic carbocycles. The number of halogens is 1. The van der Waals surface area contributed by atoms with Gasteiger partial charge >= 0.3 is 0 Å². The molecule has 5 nitrogen and oxygen atoms in total. The molecule has 0 radical (unpaired) electrons. The minimum Gasteiger partial charge on any atom is -0.338 e. The maximum atomic E-state index is 12.4. The van der Waals surface area contributed by atoms with E-state index in [0.717, 1.165) is 19.4 Å². The third kappa shape index (κ3) is 3.39. The zero-order chi connectivity index (χ0) is 14.9. The average molecular weight is 361 g/mol. The quantitative estimate of drug-likeness (QED) is 0.894. The maximum Gasteiger partial charge on any atom is 0.253 e. The Hall–Kier alpha value is -0.920. The fourth-order valence-corrected chi connectivity index (χ4v) is 3.61. The zero-order valence-corrected chi connectivity index (χ0v) is 13.6. The summed E-state index contributed by atoms with van der Waals surface area (Å²) in [6, 6.07) is 4.35. The monoisotopic (exact) mass is 360 g/mol. The summed E-state index contributed by atoms with van der Waals surface area (Å²) in [5, 5.41) is 5.12. The van der Waals surface area contributed by atoms with Crippen LogP contribution in [0.2, 0.25) is 0 Å². The van der Waals surface area contributed by atoms with Crippen LogP contribution in [-0.2, 0) is 10.0 Å². The summed E-state index contributed by atoms with van der Waals surface area (Å²) in [6.07, 6.45) is 2.04. The summed E-state index contributed by atoms with van der Waals surface area (Å²) >= 11 is 3.22. The van der Waals surface area contributed by atoms with Crippen molar-refractivity contribution in [3.8, 4) is 0 Å². The van der Waals surface area contributed by atoms with Crippen molar-refractivity contribution in [1.82, 2.24) is 4.90 Å². The molecular weight excluding hydrogens is 344 g/mol. The van der Waals surface area contributed by atoms with E-state index in [1.165, 1.54) is 12.1 Å². The number of nitrogens with zero attached hydrogens (tertiary/aromatic N) is 1. The second-order valence-corrected chi connectivity index (χ2v) is 7.51. The van der Waals surface area contributed by atoms with Crippen LogP contribution < -0.4 is 5.14 Å². The number of benzene rings is 1. The van der Waals surface area contributed by atoms with Crippen molar-refractivity contribution in [2.45, 2.75) is 24.7 Å². The Morgan fingerprint density at radius 2 is 2.15 bits per heavy atom. The SMILES string of the molecule is CCC1CCN(C(=O)c2cc(Br)cc(S(N)(=O)=O)c2)C1. The van der Waals surface area contributed by atoms with E-state index < -0.39 is 10.0 Å². The Bertz CT molecular complexity index is 631. The number of primary sulfonamides is 1. The third-order valence-electron chi connectivity index (χ3n) is 3.60. The molecule has 2 rings (SSSR count). The summed E-state index contributed by atoms with van der Waals surface area (Å²) in [4.78, 5) is 14.1. The molecule has 1 amide bonds. The molecule has 7 heteroatoms. The lowest BCUT2D eigenvalue weighted by atomic mass is 10.1. The molecule has 1 saturated heterocycles. The Kier molecular flexibility index (Phi) is 4.51. The topological polar surface area (TPSA) is 80.5 Å². The molecule has 1 aliphatic rings. The van der Waals surface area contributed by atoms with Gasteiger partial charge in [-0.1, -0.05) is 29.3 Å². The van der Waals surface area contributed by atoms with E-state index in [-0.39, 0.29) is 10.8 Å². The van der Waals surface area contributed by atoms with E-state index in [1.807, 2.05) is 0 Å². The highest BCUT2D eigenvalue weighted by Crippen LogP contribution is 2.24. The largest absolute Gasteiger partial charge is 0.338 e. The smallest absolute Gasteiger partial charge is 0.253 e. The number of hydrogen-bond donors (Lipinski definition) is 1. The van der Waals surface area contributed by atoms with Crippen LogP contribution in [0.25, 0.3) is 0 Å². The summed E-state index contributed by atoms with van der Waals surface area (Å²) in [5.41, 5.74) is 0.347. The van der Waals surface area contributed by atoms with Gasteiger partial charge in [-0.25, -0.2) is 13.6 Å². The van der Waals surface area contributed by atoms with Crippen molar-refractivity contribution in [3.05, 3.63) is 28.2 Å². The van der Waals surface area contributed by atoms with Crippen LogP contribution in [0.5, 0.6) is 0 Å². The minimum absolute atomic E-state index is 0.0542. The van der Waals surface area contributed by atoms with E-state index in [9.17, 15) is 13.2 Å². The molecule has 110 valence electrons. The average Bonchev–Trinajstić information content (AvgIpc) is 2.84. The first-order valence-corrected chi connectivity index (χ1v) is 8.78. The summed E-state index contributed by atoms with van der Waals surface area (Å²) in [6.45, 7) is 3.55. The van der Waals surface area contributed by atoms with E-state index in [0.29, 0.717) is 22.5 Å². The molecule has 0 aliphatic carbocycles. The molecule has 1 aliphatic heterocycles. The molecule has 1 fully saturated rings. The zero-order valence-electron chi connectivity index (χ0n) is 11.2. The molecule has 1 aromatic rings. The van der Waals surface area contributed by atoms with E-state index in [2.05, 4.69) is 22.9 Å². The number of nitrogens with two attached hydrogens (primary N) is 1. The minimum atomic E-state index is -3.82. The molecule has 1 atom stereocenters. The molecule has 20 heavy (non-hydrogen) atoms. The van der Waals surface area contributed by atoms with Gasteiger partial charge < -0.3 is 4.90 Å². The van der Waals surface area contributed by atoms with Gasteiger partial charge in [0.05, 0.1) is 4.90 Å². The first-order valence-electron chi connectivity index (χ1n) is 6.44. The maximum absolute atomic E-state index is 12.4. The third-order valence-corrected chi connectivity index (χ3v) is 4.95. The van der Waals surface area contributed by atoms with Gasteiger partial charge in [0.15, 0.2) is 0 Å². The van der Waals surface area contributed by atoms with Gasteiger partial charge in [-0.05, 0) is 30.5 Å². The Labute approximate surface area is 127 Å². The van der Waals surface area contributed by atoms with E-state index in [4.69, 9.17) is 5.14 Å². The Morgan fingerprint density at radius 1 is 1.45 bits per heavy atom. The van der Waals surface area contributed by atoms with Crippen LogP contribution >= 0.6 is 15.9 Å². The number of carbonyl (C=O) groups excluding carboxylic acids is 1. The lowest BCUT2D eigenvalue weighted by Gasteiger charge is -2.17. The van der Waals surface area contributed by atoms with Crippen molar-refractivity contribution in [3.63, 3.8) is 0 Å². The van der Waals surface area contributed by atoms with E-state index in [1.54, 1.807) is 11.0 Å². The first kappa shape index (κ1) is 15.5. The van der Waals surface area contributed by atoms with E-state index >= 15 is 0 Å². The number of amides is 1. The standard InChI is InChI=1S/C13H17BrN2O3S/c1-2-9-3-4-16(8-9)13(17)10-5-11(14)7-12(6-10)20(15,18)19/h5-7,9H,2-4,8H2,1H3,(H2,15,18,19). The Morgan fingerprint density at radius 3 is 2.70 bits per heavy atom. The molecule has 1 heterocycles. The van der Waals surface area contributed by atoms with Gasteiger partial charge in [0, 0.05) is 23.1 Å². The summed E-state index contributed by atoms with van der Waals surface area (Å²) in [7, 11) is -3.82. The highest BCUT2D eigenvalue weighted by Gasteiger charge is 2.26. The lowest BCUT2D eigenvalue weighted by molar-refractivity contribution is 0.0786. The van der Waals surface area contributed by atoms with Crippen molar-refractivity contribution < 1.29 is 13.2 Å². The van der Waals surface area contributed by atoms with Crippen molar-refractivity contribution in [2.75, 3.05) is 13.1 Å². The number of sulfonamides is 1. The summed E-state index contributed by atoms with van der Waals surface area (Å²) in [5.74, 6) is 0.385. The van der Waals surface area contributed by atoms with Gasteiger partial charge in [-0.2, -0.15) is 0 Å². The molecule has 2 N–H and O–H groups in total. The van der Waals surface area contributed by atoms with Crippen LogP contribution in [0.4, 0.5) is 0 Å². The normalized spacial score (nSPS) is 19.4. The van der Waals surface area contributed by atoms with Crippen LogP contribution in [0.3, 0.4) is 0 Å².